The third-order valence-electron chi connectivity index (χ3n) is 9.54. The van der Waals surface area contributed by atoms with Gasteiger partial charge in [0.15, 0.2) is 0 Å². The van der Waals surface area contributed by atoms with Crippen molar-refractivity contribution in [2.24, 2.45) is 13.0 Å². The van der Waals surface area contributed by atoms with E-state index in [1.807, 2.05) is 88.2 Å². The summed E-state index contributed by atoms with van der Waals surface area (Å²) in [6, 6.07) is 19.8. The van der Waals surface area contributed by atoms with Crippen molar-refractivity contribution in [2.75, 3.05) is 23.4 Å². The van der Waals surface area contributed by atoms with Crippen molar-refractivity contribution in [1.82, 2.24) is 20.1 Å². The molecular formula is C38H44N6O4. The molecular weight excluding hydrogens is 604 g/mol. The van der Waals surface area contributed by atoms with E-state index in [1.165, 1.54) is 0 Å². The summed E-state index contributed by atoms with van der Waals surface area (Å²) < 4.78 is 13.3. The second-order valence-electron chi connectivity index (χ2n) is 14.4. The molecule has 7 rings (SSSR count). The molecule has 48 heavy (non-hydrogen) atoms. The maximum atomic E-state index is 14.2. The molecule has 2 amide bonds. The SMILES string of the molecule is Cc1cnn(C)c1-c1ccc(NC(=O)[C@H](NC(=O)OC(C)(C)C)[C@@H](c2cccc(-c3ccnc(N4C[C@@H]5C[C@H]4CO5)c3)c2)C2CC2)cc1. The maximum Gasteiger partial charge on any atom is 0.408 e. The van der Waals surface area contributed by atoms with Crippen LogP contribution in [0.3, 0.4) is 0 Å². The summed E-state index contributed by atoms with van der Waals surface area (Å²) in [4.78, 5) is 34.4. The number of amides is 2. The van der Waals surface area contributed by atoms with Gasteiger partial charge in [0.25, 0.3) is 0 Å². The second kappa shape index (κ2) is 12.7. The minimum Gasteiger partial charge on any atom is -0.444 e. The summed E-state index contributed by atoms with van der Waals surface area (Å²) in [5, 5.41) is 10.4. The number of fused-ring (bicyclic) bond motifs is 2. The fraction of sp³-hybridized carbons (Fsp3) is 0.421. The molecule has 250 valence electrons. The zero-order chi connectivity index (χ0) is 33.6. The fourth-order valence-corrected chi connectivity index (χ4v) is 7.20. The Morgan fingerprint density at radius 2 is 1.79 bits per heavy atom. The van der Waals surface area contributed by atoms with E-state index in [-0.39, 0.29) is 23.8 Å². The third kappa shape index (κ3) is 6.80. The molecule has 2 aromatic carbocycles. The zero-order valence-corrected chi connectivity index (χ0v) is 28.3. The predicted molar refractivity (Wildman–Crippen MR) is 186 cm³/mol. The number of nitrogens with one attached hydrogen (secondary N) is 2. The number of hydrogen-bond donors (Lipinski definition) is 2. The van der Waals surface area contributed by atoms with Gasteiger partial charge in [0.05, 0.1) is 30.6 Å². The number of benzene rings is 2. The topological polar surface area (TPSA) is 111 Å². The van der Waals surface area contributed by atoms with Crippen LogP contribution in [0.25, 0.3) is 22.4 Å². The Bertz CT molecular complexity index is 1790. The van der Waals surface area contributed by atoms with Gasteiger partial charge in [-0.1, -0.05) is 36.4 Å². The first-order chi connectivity index (χ1) is 23.0. The molecule has 1 saturated carbocycles. The van der Waals surface area contributed by atoms with Gasteiger partial charge >= 0.3 is 6.09 Å². The van der Waals surface area contributed by atoms with Gasteiger partial charge in [-0.25, -0.2) is 9.78 Å². The van der Waals surface area contributed by atoms with Crippen LogP contribution in [0, 0.1) is 12.8 Å². The number of rotatable bonds is 9. The van der Waals surface area contributed by atoms with Gasteiger partial charge in [0.1, 0.15) is 17.5 Å². The van der Waals surface area contributed by atoms with E-state index in [1.54, 1.807) is 0 Å². The first-order valence-corrected chi connectivity index (χ1v) is 16.9. The van der Waals surface area contributed by atoms with Crippen molar-refractivity contribution in [3.05, 3.63) is 84.2 Å². The molecule has 10 nitrogen and oxygen atoms in total. The Morgan fingerprint density at radius 3 is 2.44 bits per heavy atom. The minimum absolute atomic E-state index is 0.245. The number of alkyl carbamates (subject to hydrolysis) is 1. The Kier molecular flexibility index (Phi) is 8.45. The van der Waals surface area contributed by atoms with Crippen LogP contribution in [0.15, 0.2) is 73.1 Å². The summed E-state index contributed by atoms with van der Waals surface area (Å²) in [6.07, 6.45) is 6.38. The largest absolute Gasteiger partial charge is 0.444 e. The number of pyridine rings is 1. The van der Waals surface area contributed by atoms with Gasteiger partial charge in [-0.3, -0.25) is 9.48 Å². The molecule has 3 fully saturated rings. The van der Waals surface area contributed by atoms with Crippen LogP contribution in [0.2, 0.25) is 0 Å². The summed E-state index contributed by atoms with van der Waals surface area (Å²) >= 11 is 0. The van der Waals surface area contributed by atoms with Gasteiger partial charge in [0, 0.05) is 37.0 Å². The molecule has 3 aliphatic rings. The predicted octanol–water partition coefficient (Wildman–Crippen LogP) is 6.46. The number of ether oxygens (including phenoxy) is 2. The lowest BCUT2D eigenvalue weighted by Gasteiger charge is -2.30. The van der Waals surface area contributed by atoms with Crippen LogP contribution >= 0.6 is 0 Å². The molecule has 2 saturated heterocycles. The monoisotopic (exact) mass is 648 g/mol. The smallest absolute Gasteiger partial charge is 0.408 e. The van der Waals surface area contributed by atoms with E-state index in [9.17, 15) is 9.59 Å². The van der Waals surface area contributed by atoms with Crippen LogP contribution in [0.5, 0.6) is 0 Å². The van der Waals surface area contributed by atoms with Crippen LogP contribution in [-0.4, -0.2) is 63.7 Å². The number of morpholine rings is 1. The Morgan fingerprint density at radius 1 is 1.02 bits per heavy atom. The van der Waals surface area contributed by atoms with Crippen molar-refractivity contribution < 1.29 is 19.1 Å². The van der Waals surface area contributed by atoms with Gasteiger partial charge in [-0.2, -0.15) is 5.10 Å². The van der Waals surface area contributed by atoms with Gasteiger partial charge in [-0.05, 0) is 99.4 Å². The highest BCUT2D eigenvalue weighted by Gasteiger charge is 2.43. The van der Waals surface area contributed by atoms with E-state index in [2.05, 4.69) is 44.9 Å². The molecule has 4 heterocycles. The van der Waals surface area contributed by atoms with Crippen LogP contribution < -0.4 is 15.5 Å². The highest BCUT2D eigenvalue weighted by Crippen LogP contribution is 2.46. The summed E-state index contributed by atoms with van der Waals surface area (Å²) in [5.74, 6) is 0.668. The normalized spacial score (nSPS) is 20.0. The molecule has 4 atom stereocenters. The van der Waals surface area contributed by atoms with Crippen molar-refractivity contribution in [1.29, 1.82) is 0 Å². The van der Waals surface area contributed by atoms with Crippen LogP contribution in [0.4, 0.5) is 16.3 Å². The molecule has 2 bridgehead atoms. The standard InChI is InChI=1S/C38H44N6O4/c1-23-20-40-43(5)35(23)25-11-13-29(14-12-25)41-36(45)34(42-37(46)48-38(2,3)4)33(24-9-10-24)28-8-6-7-26(17-28)27-15-16-39-32(18-27)44-21-31-19-30(44)22-47-31/h6-8,11-18,20,24,30-31,33-34H,9-10,19,21-22H2,1-5H3,(H,41,45)(H,42,46)/t30-,31-,33+,34+/m0/s1. The average Bonchev–Trinajstić information content (AvgIpc) is 3.49. The van der Waals surface area contributed by atoms with Gasteiger partial charge in [0.2, 0.25) is 5.91 Å². The second-order valence-corrected chi connectivity index (χ2v) is 14.4. The van der Waals surface area contributed by atoms with Crippen LogP contribution in [-0.2, 0) is 21.3 Å². The fourth-order valence-electron chi connectivity index (χ4n) is 7.20. The lowest BCUT2D eigenvalue weighted by atomic mass is 9.85. The molecule has 2 aromatic heterocycles. The Labute approximate surface area is 281 Å². The number of nitrogens with zero attached hydrogens (tertiary/aromatic N) is 4. The number of anilines is 2. The van der Waals surface area contributed by atoms with Crippen molar-refractivity contribution >= 4 is 23.5 Å². The molecule has 4 aromatic rings. The first-order valence-electron chi connectivity index (χ1n) is 16.9. The quantitative estimate of drug-likeness (QED) is 0.214. The molecule has 0 spiro atoms. The van der Waals surface area contributed by atoms with Crippen molar-refractivity contribution in [3.63, 3.8) is 0 Å². The van der Waals surface area contributed by atoms with Gasteiger partial charge in [-0.15, -0.1) is 0 Å². The molecule has 0 unspecified atom stereocenters. The van der Waals surface area contributed by atoms with E-state index in [4.69, 9.17) is 14.5 Å². The van der Waals surface area contributed by atoms with Crippen molar-refractivity contribution in [3.8, 4) is 22.4 Å². The first kappa shape index (κ1) is 31.9. The van der Waals surface area contributed by atoms with E-state index in [0.717, 1.165) is 71.7 Å². The van der Waals surface area contributed by atoms with E-state index >= 15 is 0 Å². The zero-order valence-electron chi connectivity index (χ0n) is 28.3. The van der Waals surface area contributed by atoms with Gasteiger partial charge < -0.3 is 25.0 Å². The maximum absolute atomic E-state index is 14.2. The number of aromatic nitrogens is 3. The third-order valence-corrected chi connectivity index (χ3v) is 9.54. The van der Waals surface area contributed by atoms with Crippen molar-refractivity contribution in [2.45, 2.75) is 76.7 Å². The molecule has 2 aliphatic heterocycles. The summed E-state index contributed by atoms with van der Waals surface area (Å²) in [6.45, 7) is 9.09. The average molecular weight is 649 g/mol. The summed E-state index contributed by atoms with van der Waals surface area (Å²) in [7, 11) is 1.91. The lowest BCUT2D eigenvalue weighted by Crippen LogP contribution is -2.49. The molecule has 0 radical (unpaired) electrons. The number of carbonyl (C=O) groups excluding carboxylic acids is 2. The molecule has 10 heteroatoms. The van der Waals surface area contributed by atoms with Crippen LogP contribution in [0.1, 0.15) is 57.1 Å². The van der Waals surface area contributed by atoms with E-state index < -0.39 is 17.7 Å². The Hall–Kier alpha value is -4.70. The van der Waals surface area contributed by atoms with E-state index in [0.29, 0.717) is 11.7 Å². The number of carbonyl (C=O) groups is 2. The molecule has 2 N–H and O–H groups in total. The number of aryl methyl sites for hydroxylation is 2. The molecule has 1 aliphatic carbocycles. The highest BCUT2D eigenvalue weighted by molar-refractivity contribution is 5.97. The number of hydrogen-bond acceptors (Lipinski definition) is 7. The lowest BCUT2D eigenvalue weighted by molar-refractivity contribution is -0.118. The summed E-state index contributed by atoms with van der Waals surface area (Å²) in [5.41, 5.74) is 6.14. The Balaban J connectivity index is 1.17. The minimum atomic E-state index is -0.852. The highest BCUT2D eigenvalue weighted by atomic mass is 16.6.